The lowest BCUT2D eigenvalue weighted by molar-refractivity contribution is 0.0529. The van der Waals surface area contributed by atoms with Crippen LogP contribution in [0.15, 0.2) is 24.3 Å². The molecule has 1 saturated carbocycles. The first-order valence-corrected chi connectivity index (χ1v) is 6.75. The zero-order valence-electron chi connectivity index (χ0n) is 10.5. The highest BCUT2D eigenvalue weighted by Crippen LogP contribution is 2.36. The molecule has 0 spiro atoms. The normalized spacial score (nSPS) is 28.9. The second-order valence-corrected chi connectivity index (χ2v) is 5.52. The number of benzene rings is 1. The smallest absolute Gasteiger partial charge is 0.0951 e. The van der Waals surface area contributed by atoms with Crippen LogP contribution in [0.4, 0.5) is 0 Å². The number of nitrogens with zero attached hydrogens (tertiary/aromatic N) is 1. The number of hydrogen-bond donors (Lipinski definition) is 1. The first-order valence-electron chi connectivity index (χ1n) is 6.75. The molecule has 1 aromatic rings. The molecule has 2 unspecified atom stereocenters. The SMILES string of the molecule is CN(C1CCCC1)C1Cc2ccccc2C1O. The quantitative estimate of drug-likeness (QED) is 0.845. The summed E-state index contributed by atoms with van der Waals surface area (Å²) in [5.74, 6) is 0. The van der Waals surface area contributed by atoms with Crippen molar-refractivity contribution in [2.24, 2.45) is 0 Å². The van der Waals surface area contributed by atoms with Gasteiger partial charge in [0.1, 0.15) is 0 Å². The molecule has 2 aliphatic rings. The summed E-state index contributed by atoms with van der Waals surface area (Å²) < 4.78 is 0. The molecule has 1 N–H and O–H groups in total. The molecule has 1 aromatic carbocycles. The van der Waals surface area contributed by atoms with Gasteiger partial charge in [0.2, 0.25) is 0 Å². The molecule has 0 amide bonds. The minimum Gasteiger partial charge on any atom is -0.387 e. The highest BCUT2D eigenvalue weighted by molar-refractivity contribution is 5.35. The van der Waals surface area contributed by atoms with E-state index in [1.165, 1.54) is 31.2 Å². The Morgan fingerprint density at radius 3 is 2.59 bits per heavy atom. The van der Waals surface area contributed by atoms with Gasteiger partial charge in [0.15, 0.2) is 0 Å². The van der Waals surface area contributed by atoms with Gasteiger partial charge in [-0.2, -0.15) is 0 Å². The number of likely N-dealkylation sites (N-methyl/N-ethyl adjacent to an activating group) is 1. The zero-order chi connectivity index (χ0) is 11.8. The highest BCUT2D eigenvalue weighted by Gasteiger charge is 2.36. The van der Waals surface area contributed by atoms with Crippen molar-refractivity contribution in [3.8, 4) is 0 Å². The van der Waals surface area contributed by atoms with Crippen LogP contribution in [0.1, 0.15) is 42.9 Å². The molecule has 2 aliphatic carbocycles. The minimum atomic E-state index is -0.295. The molecule has 0 bridgehead atoms. The predicted molar refractivity (Wildman–Crippen MR) is 68.9 cm³/mol. The van der Waals surface area contributed by atoms with Crippen molar-refractivity contribution in [2.75, 3.05) is 7.05 Å². The Kier molecular flexibility index (Phi) is 2.93. The Labute approximate surface area is 103 Å². The Morgan fingerprint density at radius 1 is 1.18 bits per heavy atom. The lowest BCUT2D eigenvalue weighted by Gasteiger charge is -2.32. The lowest BCUT2D eigenvalue weighted by atomic mass is 10.1. The topological polar surface area (TPSA) is 23.5 Å². The van der Waals surface area contributed by atoms with Crippen LogP contribution < -0.4 is 0 Å². The summed E-state index contributed by atoms with van der Waals surface area (Å²) in [6, 6.07) is 9.30. The summed E-state index contributed by atoms with van der Waals surface area (Å²) in [5, 5.41) is 10.4. The van der Waals surface area contributed by atoms with Crippen LogP contribution in [0.25, 0.3) is 0 Å². The molecule has 92 valence electrons. The first-order chi connectivity index (χ1) is 8.27. The maximum atomic E-state index is 10.4. The summed E-state index contributed by atoms with van der Waals surface area (Å²) in [7, 11) is 2.19. The molecule has 0 aliphatic heterocycles. The van der Waals surface area contributed by atoms with Crippen molar-refractivity contribution in [1.29, 1.82) is 0 Å². The van der Waals surface area contributed by atoms with Gasteiger partial charge in [-0.25, -0.2) is 0 Å². The Balaban J connectivity index is 1.78. The van der Waals surface area contributed by atoms with E-state index in [-0.39, 0.29) is 12.1 Å². The average molecular weight is 231 g/mol. The third-order valence-corrected chi connectivity index (χ3v) is 4.59. The van der Waals surface area contributed by atoms with E-state index in [1.807, 2.05) is 6.07 Å². The van der Waals surface area contributed by atoms with Gasteiger partial charge in [-0.3, -0.25) is 4.90 Å². The molecule has 0 aromatic heterocycles. The first kappa shape index (κ1) is 11.2. The molecular weight excluding hydrogens is 210 g/mol. The van der Waals surface area contributed by atoms with Crippen molar-refractivity contribution in [3.05, 3.63) is 35.4 Å². The number of fused-ring (bicyclic) bond motifs is 1. The van der Waals surface area contributed by atoms with Gasteiger partial charge in [-0.05, 0) is 37.4 Å². The molecule has 0 heterocycles. The van der Waals surface area contributed by atoms with E-state index in [0.29, 0.717) is 6.04 Å². The third-order valence-electron chi connectivity index (χ3n) is 4.59. The van der Waals surface area contributed by atoms with Gasteiger partial charge in [0.25, 0.3) is 0 Å². The van der Waals surface area contributed by atoms with Crippen molar-refractivity contribution < 1.29 is 5.11 Å². The average Bonchev–Trinajstić information content (AvgIpc) is 2.97. The van der Waals surface area contributed by atoms with E-state index in [4.69, 9.17) is 0 Å². The maximum Gasteiger partial charge on any atom is 0.0951 e. The zero-order valence-corrected chi connectivity index (χ0v) is 10.5. The third kappa shape index (κ3) is 1.90. The Hall–Kier alpha value is -0.860. The second-order valence-electron chi connectivity index (χ2n) is 5.52. The van der Waals surface area contributed by atoms with Crippen LogP contribution >= 0.6 is 0 Å². The van der Waals surface area contributed by atoms with Crippen LogP contribution in [0, 0.1) is 0 Å². The van der Waals surface area contributed by atoms with Crippen LogP contribution in [0.3, 0.4) is 0 Å². The van der Waals surface area contributed by atoms with Crippen LogP contribution in [0.2, 0.25) is 0 Å². The standard InChI is InChI=1S/C15H21NO/c1-16(12-7-3-4-8-12)14-10-11-6-2-5-9-13(11)15(14)17/h2,5-6,9,12,14-15,17H,3-4,7-8,10H2,1H3. The van der Waals surface area contributed by atoms with Gasteiger partial charge in [-0.15, -0.1) is 0 Å². The Bertz CT molecular complexity index is 398. The monoisotopic (exact) mass is 231 g/mol. The number of aliphatic hydroxyl groups excluding tert-OH is 1. The van der Waals surface area contributed by atoms with Gasteiger partial charge in [0.05, 0.1) is 6.10 Å². The van der Waals surface area contributed by atoms with Crippen molar-refractivity contribution in [1.82, 2.24) is 4.90 Å². The van der Waals surface area contributed by atoms with E-state index >= 15 is 0 Å². The molecule has 0 radical (unpaired) electrons. The fourth-order valence-electron chi connectivity index (χ4n) is 3.50. The van der Waals surface area contributed by atoms with Gasteiger partial charge < -0.3 is 5.11 Å². The van der Waals surface area contributed by atoms with Crippen LogP contribution in [-0.4, -0.2) is 29.1 Å². The predicted octanol–water partition coefficient (Wildman–Crippen LogP) is 2.52. The molecule has 3 rings (SSSR count). The Morgan fingerprint density at radius 2 is 1.88 bits per heavy atom. The molecule has 1 fully saturated rings. The molecule has 2 nitrogen and oxygen atoms in total. The summed E-state index contributed by atoms with van der Waals surface area (Å²) >= 11 is 0. The number of hydrogen-bond acceptors (Lipinski definition) is 2. The van der Waals surface area contributed by atoms with Crippen LogP contribution in [-0.2, 0) is 6.42 Å². The maximum absolute atomic E-state index is 10.4. The minimum absolute atomic E-state index is 0.287. The highest BCUT2D eigenvalue weighted by atomic mass is 16.3. The molecule has 2 heteroatoms. The molecular formula is C15H21NO. The number of aliphatic hydroxyl groups is 1. The lowest BCUT2D eigenvalue weighted by Crippen LogP contribution is -2.41. The fraction of sp³-hybridized carbons (Fsp3) is 0.600. The largest absolute Gasteiger partial charge is 0.387 e. The van der Waals surface area contributed by atoms with E-state index in [1.54, 1.807) is 0 Å². The second kappa shape index (κ2) is 4.43. The van der Waals surface area contributed by atoms with Crippen molar-refractivity contribution >= 4 is 0 Å². The fourth-order valence-corrected chi connectivity index (χ4v) is 3.50. The molecule has 0 saturated heterocycles. The van der Waals surface area contributed by atoms with E-state index in [2.05, 4.69) is 30.1 Å². The summed E-state index contributed by atoms with van der Waals surface area (Å²) in [4.78, 5) is 2.43. The van der Waals surface area contributed by atoms with E-state index in [0.717, 1.165) is 12.0 Å². The molecule has 2 atom stereocenters. The summed E-state index contributed by atoms with van der Waals surface area (Å²) in [6.45, 7) is 0. The summed E-state index contributed by atoms with van der Waals surface area (Å²) in [5.41, 5.74) is 2.47. The number of rotatable bonds is 2. The molecule has 17 heavy (non-hydrogen) atoms. The van der Waals surface area contributed by atoms with Crippen molar-refractivity contribution in [2.45, 2.75) is 50.3 Å². The van der Waals surface area contributed by atoms with Crippen LogP contribution in [0.5, 0.6) is 0 Å². The van der Waals surface area contributed by atoms with Gasteiger partial charge in [-0.1, -0.05) is 37.1 Å². The summed E-state index contributed by atoms with van der Waals surface area (Å²) in [6.07, 6.45) is 6.02. The van der Waals surface area contributed by atoms with E-state index in [9.17, 15) is 5.11 Å². The van der Waals surface area contributed by atoms with Crippen molar-refractivity contribution in [3.63, 3.8) is 0 Å². The van der Waals surface area contributed by atoms with E-state index < -0.39 is 0 Å². The van der Waals surface area contributed by atoms with Gasteiger partial charge >= 0.3 is 0 Å². The van der Waals surface area contributed by atoms with Gasteiger partial charge in [0, 0.05) is 12.1 Å².